The third-order valence-electron chi connectivity index (χ3n) is 8.85. The normalized spacial score (nSPS) is 12.1. The number of hydrogen-bond donors (Lipinski definition) is 0. The second kappa shape index (κ2) is 9.17. The van der Waals surface area contributed by atoms with E-state index >= 15 is 0 Å². The highest BCUT2D eigenvalue weighted by molar-refractivity contribution is 7.27. The first-order valence-corrected chi connectivity index (χ1v) is 16.4. The summed E-state index contributed by atoms with van der Waals surface area (Å²) < 4.78 is 11.6. The fourth-order valence-electron chi connectivity index (χ4n) is 6.85. The zero-order valence-electron chi connectivity index (χ0n) is 23.5. The van der Waals surface area contributed by atoms with E-state index in [1.165, 1.54) is 51.1 Å². The molecule has 0 spiro atoms. The van der Waals surface area contributed by atoms with Crippen LogP contribution in [0.25, 0.3) is 73.1 Å². The molecule has 2 nitrogen and oxygen atoms in total. The number of furan rings is 1. The largest absolute Gasteiger partial charge is 0.456 e. The summed E-state index contributed by atoms with van der Waals surface area (Å²) in [6, 6.07) is 50.5. The van der Waals surface area contributed by atoms with E-state index in [2.05, 4.69) is 132 Å². The average Bonchev–Trinajstić information content (AvgIpc) is 3.75. The monoisotopic (exact) mass is 597 g/mol. The Hall–Kier alpha value is -5.16. The van der Waals surface area contributed by atoms with Crippen LogP contribution in [-0.4, -0.2) is 0 Å². The Morgan fingerprint density at radius 2 is 1.07 bits per heavy atom. The van der Waals surface area contributed by atoms with Crippen LogP contribution in [0.3, 0.4) is 0 Å². The molecule has 10 aromatic rings. The van der Waals surface area contributed by atoms with E-state index in [9.17, 15) is 0 Å². The van der Waals surface area contributed by atoms with Gasteiger partial charge in [0, 0.05) is 73.9 Å². The first-order chi connectivity index (χ1) is 21.8. The quantitative estimate of drug-likeness (QED) is 0.201. The van der Waals surface area contributed by atoms with Gasteiger partial charge in [0.15, 0.2) is 0 Å². The topological polar surface area (TPSA) is 16.4 Å². The predicted molar refractivity (Wildman–Crippen MR) is 192 cm³/mol. The third-order valence-corrected chi connectivity index (χ3v) is 11.2. The summed E-state index contributed by atoms with van der Waals surface area (Å²) in [5.41, 5.74) is 5.17. The lowest BCUT2D eigenvalue weighted by atomic mass is 10.0. The van der Waals surface area contributed by atoms with Crippen LogP contribution >= 0.6 is 22.7 Å². The van der Waals surface area contributed by atoms with Crippen LogP contribution < -0.4 is 4.90 Å². The van der Waals surface area contributed by atoms with Crippen molar-refractivity contribution in [2.45, 2.75) is 0 Å². The molecule has 0 aliphatic rings. The summed E-state index contributed by atoms with van der Waals surface area (Å²) >= 11 is 3.74. The molecule has 4 heteroatoms. The molecule has 0 aliphatic carbocycles. The molecule has 0 radical (unpaired) electrons. The Kier molecular flexibility index (Phi) is 5.06. The van der Waals surface area contributed by atoms with Crippen molar-refractivity contribution >= 4 is 113 Å². The molecule has 0 unspecified atom stereocenters. The van der Waals surface area contributed by atoms with Gasteiger partial charge < -0.3 is 9.32 Å². The summed E-state index contributed by atoms with van der Waals surface area (Å²) in [5, 5.41) is 10.0. The second-order valence-corrected chi connectivity index (χ2v) is 13.4. The van der Waals surface area contributed by atoms with Crippen LogP contribution in [0.5, 0.6) is 0 Å². The lowest BCUT2D eigenvalue weighted by molar-refractivity contribution is 0.669. The molecule has 206 valence electrons. The smallest absolute Gasteiger partial charge is 0.137 e. The van der Waals surface area contributed by atoms with E-state index < -0.39 is 0 Å². The lowest BCUT2D eigenvalue weighted by Crippen LogP contribution is -2.10. The van der Waals surface area contributed by atoms with Crippen LogP contribution in [0.2, 0.25) is 0 Å². The van der Waals surface area contributed by atoms with Gasteiger partial charge in [0.05, 0.1) is 5.69 Å². The van der Waals surface area contributed by atoms with Gasteiger partial charge in [-0.2, -0.15) is 0 Å². The number of anilines is 3. The van der Waals surface area contributed by atoms with Gasteiger partial charge in [-0.05, 0) is 53.9 Å². The van der Waals surface area contributed by atoms with E-state index in [1.807, 2.05) is 34.8 Å². The van der Waals surface area contributed by atoms with Gasteiger partial charge in [0.1, 0.15) is 11.2 Å². The van der Waals surface area contributed by atoms with Gasteiger partial charge in [-0.25, -0.2) is 0 Å². The first-order valence-electron chi connectivity index (χ1n) is 14.8. The average molecular weight is 598 g/mol. The molecule has 0 saturated heterocycles. The van der Waals surface area contributed by atoms with Crippen molar-refractivity contribution < 1.29 is 4.42 Å². The van der Waals surface area contributed by atoms with E-state index in [1.54, 1.807) is 0 Å². The zero-order valence-corrected chi connectivity index (χ0v) is 25.1. The fourth-order valence-corrected chi connectivity index (χ4v) is 9.26. The Morgan fingerprint density at radius 3 is 1.93 bits per heavy atom. The van der Waals surface area contributed by atoms with Gasteiger partial charge in [-0.3, -0.25) is 0 Å². The number of thiophene rings is 2. The van der Waals surface area contributed by atoms with Gasteiger partial charge in [-0.15, -0.1) is 22.7 Å². The molecular weight excluding hydrogens is 575 g/mol. The summed E-state index contributed by atoms with van der Waals surface area (Å²) in [6.45, 7) is 0. The van der Waals surface area contributed by atoms with E-state index in [0.29, 0.717) is 0 Å². The molecule has 44 heavy (non-hydrogen) atoms. The van der Waals surface area contributed by atoms with Gasteiger partial charge >= 0.3 is 0 Å². The van der Waals surface area contributed by atoms with Crippen LogP contribution in [0.15, 0.2) is 144 Å². The van der Waals surface area contributed by atoms with Crippen molar-refractivity contribution in [2.75, 3.05) is 4.90 Å². The standard InChI is InChI=1S/C40H23NOS2/c1-4-13-34-27(9-1)28-20-17-25(22-35(28)42-34)41(26-18-21-31-29-10-2-5-14-36(29)43-38(31)23-26)33-12-7-8-24-16-19-32-30-11-3-6-15-37(30)44-40(32)39(24)33/h1-23H. The SMILES string of the molecule is c1cc(N(c2ccc3c(c2)oc2ccccc23)c2ccc3c(c2)sc2ccccc23)c2c(c1)ccc1c3ccccc3sc12. The number of rotatable bonds is 3. The van der Waals surface area contributed by atoms with Crippen molar-refractivity contribution in [3.8, 4) is 0 Å². The molecule has 0 atom stereocenters. The highest BCUT2D eigenvalue weighted by Gasteiger charge is 2.21. The minimum Gasteiger partial charge on any atom is -0.456 e. The van der Waals surface area contributed by atoms with E-state index in [4.69, 9.17) is 4.42 Å². The molecule has 7 aromatic carbocycles. The molecule has 3 aromatic heterocycles. The third kappa shape index (κ3) is 3.47. The molecule has 3 heterocycles. The fraction of sp³-hybridized carbons (Fsp3) is 0. The van der Waals surface area contributed by atoms with Gasteiger partial charge in [0.2, 0.25) is 0 Å². The van der Waals surface area contributed by atoms with E-state index in [-0.39, 0.29) is 0 Å². The number of benzene rings is 7. The maximum absolute atomic E-state index is 6.40. The first kappa shape index (κ1) is 24.3. The van der Waals surface area contributed by atoms with Gasteiger partial charge in [0.25, 0.3) is 0 Å². The molecule has 0 aliphatic heterocycles. The molecule has 0 fully saturated rings. The zero-order chi connectivity index (χ0) is 28.8. The second-order valence-electron chi connectivity index (χ2n) is 11.3. The van der Waals surface area contributed by atoms with Crippen molar-refractivity contribution in [1.29, 1.82) is 0 Å². The minimum absolute atomic E-state index is 0.892. The molecule has 0 N–H and O–H groups in total. The molecular formula is C40H23NOS2. The van der Waals surface area contributed by atoms with Crippen LogP contribution in [0.1, 0.15) is 0 Å². The van der Waals surface area contributed by atoms with Crippen LogP contribution in [0.4, 0.5) is 17.1 Å². The highest BCUT2D eigenvalue weighted by Crippen LogP contribution is 2.47. The predicted octanol–water partition coefficient (Wildman–Crippen LogP) is 12.9. The summed E-state index contributed by atoms with van der Waals surface area (Å²) in [4.78, 5) is 2.42. The Labute approximate surface area is 260 Å². The number of hydrogen-bond acceptors (Lipinski definition) is 4. The van der Waals surface area contributed by atoms with Crippen molar-refractivity contribution in [3.63, 3.8) is 0 Å². The summed E-state index contributed by atoms with van der Waals surface area (Å²) in [6.07, 6.45) is 0. The molecule has 0 bridgehead atoms. The number of nitrogens with zero attached hydrogens (tertiary/aromatic N) is 1. The highest BCUT2D eigenvalue weighted by atomic mass is 32.1. The molecule has 10 rings (SSSR count). The minimum atomic E-state index is 0.892. The van der Waals surface area contributed by atoms with Crippen molar-refractivity contribution in [2.24, 2.45) is 0 Å². The summed E-state index contributed by atoms with van der Waals surface area (Å²) in [5.74, 6) is 0. The maximum atomic E-state index is 6.40. The molecule has 0 amide bonds. The summed E-state index contributed by atoms with van der Waals surface area (Å²) in [7, 11) is 0. The van der Waals surface area contributed by atoms with E-state index in [0.717, 1.165) is 39.0 Å². The van der Waals surface area contributed by atoms with Crippen molar-refractivity contribution in [1.82, 2.24) is 0 Å². The van der Waals surface area contributed by atoms with Crippen LogP contribution in [0, 0.1) is 0 Å². The Balaban J connectivity index is 1.29. The van der Waals surface area contributed by atoms with Crippen molar-refractivity contribution in [3.05, 3.63) is 140 Å². The Bertz CT molecular complexity index is 2630. The molecule has 0 saturated carbocycles. The van der Waals surface area contributed by atoms with Crippen LogP contribution in [-0.2, 0) is 0 Å². The number of para-hydroxylation sites is 1. The number of fused-ring (bicyclic) bond motifs is 11. The lowest BCUT2D eigenvalue weighted by Gasteiger charge is -2.27. The Morgan fingerprint density at radius 1 is 0.432 bits per heavy atom. The van der Waals surface area contributed by atoms with Gasteiger partial charge in [-0.1, -0.05) is 84.9 Å². The maximum Gasteiger partial charge on any atom is 0.137 e.